The van der Waals surface area contributed by atoms with Crippen molar-refractivity contribution in [2.45, 2.75) is 24.8 Å². The van der Waals surface area contributed by atoms with Gasteiger partial charge in [0.2, 0.25) is 0 Å². The lowest BCUT2D eigenvalue weighted by Gasteiger charge is -2.09. The zero-order chi connectivity index (χ0) is 17.9. The number of nitrogens with zero attached hydrogens (tertiary/aromatic N) is 2. The molecule has 0 spiro atoms. The Bertz CT molecular complexity index is 943. The maximum atomic E-state index is 12.4. The predicted molar refractivity (Wildman–Crippen MR) is 99.9 cm³/mol. The highest BCUT2D eigenvalue weighted by Crippen LogP contribution is 2.23. The van der Waals surface area contributed by atoms with Crippen molar-refractivity contribution in [2.24, 2.45) is 7.05 Å². The van der Waals surface area contributed by atoms with E-state index in [4.69, 9.17) is 0 Å². The Balaban J connectivity index is 1.77. The van der Waals surface area contributed by atoms with Crippen molar-refractivity contribution in [3.63, 3.8) is 0 Å². The van der Waals surface area contributed by atoms with E-state index in [1.807, 2.05) is 12.1 Å². The first-order chi connectivity index (χ1) is 12.0. The lowest BCUT2D eigenvalue weighted by atomic mass is 10.0. The Morgan fingerprint density at radius 3 is 2.08 bits per heavy atom. The molecule has 0 bridgehead atoms. The molecule has 0 unspecified atom stereocenters. The number of hydrogen-bond donors (Lipinski definition) is 1. The van der Waals surface area contributed by atoms with Crippen molar-refractivity contribution in [3.8, 4) is 11.1 Å². The van der Waals surface area contributed by atoms with E-state index in [9.17, 15) is 8.42 Å². The molecule has 0 aliphatic rings. The average Bonchev–Trinajstić information content (AvgIpc) is 3.03. The lowest BCUT2D eigenvalue weighted by Crippen LogP contribution is -2.16. The van der Waals surface area contributed by atoms with Crippen molar-refractivity contribution in [1.82, 2.24) is 9.78 Å². The molecule has 0 atom stereocenters. The third-order valence-electron chi connectivity index (χ3n) is 4.01. The third kappa shape index (κ3) is 3.91. The van der Waals surface area contributed by atoms with E-state index in [0.29, 0.717) is 5.69 Å². The molecule has 0 aliphatic heterocycles. The standard InChI is InChI=1S/C19H21N3O2S/c1-3-4-15-5-7-16(8-6-15)17-9-11-18(12-10-17)21-25(23,24)19-13-14-20-22(19)2/h5-14,21H,3-4H2,1-2H3. The maximum absolute atomic E-state index is 12.4. The summed E-state index contributed by atoms with van der Waals surface area (Å²) in [5.74, 6) is 0. The number of rotatable bonds is 6. The molecular weight excluding hydrogens is 334 g/mol. The number of sulfonamides is 1. The summed E-state index contributed by atoms with van der Waals surface area (Å²) in [6, 6.07) is 17.3. The van der Waals surface area contributed by atoms with Crippen LogP contribution in [-0.4, -0.2) is 18.2 Å². The minimum Gasteiger partial charge on any atom is -0.278 e. The summed E-state index contributed by atoms with van der Waals surface area (Å²) in [5, 5.41) is 4.02. The quantitative estimate of drug-likeness (QED) is 0.731. The first-order valence-electron chi connectivity index (χ1n) is 8.20. The highest BCUT2D eigenvalue weighted by Gasteiger charge is 2.17. The molecule has 0 saturated carbocycles. The maximum Gasteiger partial charge on any atom is 0.279 e. The van der Waals surface area contributed by atoms with Crippen LogP contribution in [0.1, 0.15) is 18.9 Å². The molecule has 0 fully saturated rings. The van der Waals surface area contributed by atoms with E-state index in [0.717, 1.165) is 24.0 Å². The van der Waals surface area contributed by atoms with Gasteiger partial charge in [-0.15, -0.1) is 0 Å². The third-order valence-corrected chi connectivity index (χ3v) is 5.47. The fourth-order valence-corrected chi connectivity index (χ4v) is 3.90. The van der Waals surface area contributed by atoms with Crippen LogP contribution in [0.4, 0.5) is 5.69 Å². The van der Waals surface area contributed by atoms with E-state index in [1.54, 1.807) is 19.2 Å². The second-order valence-corrected chi connectivity index (χ2v) is 7.55. The van der Waals surface area contributed by atoms with Gasteiger partial charge in [0.15, 0.2) is 5.03 Å². The Kier molecular flexibility index (Phi) is 4.90. The molecule has 130 valence electrons. The lowest BCUT2D eigenvalue weighted by molar-refractivity contribution is 0.582. The second kappa shape index (κ2) is 7.11. The highest BCUT2D eigenvalue weighted by atomic mass is 32.2. The summed E-state index contributed by atoms with van der Waals surface area (Å²) in [6.07, 6.45) is 3.67. The van der Waals surface area contributed by atoms with Gasteiger partial charge in [-0.2, -0.15) is 13.5 Å². The zero-order valence-corrected chi connectivity index (χ0v) is 15.1. The number of hydrogen-bond acceptors (Lipinski definition) is 3. The van der Waals surface area contributed by atoms with Crippen molar-refractivity contribution >= 4 is 15.7 Å². The molecule has 3 aromatic rings. The SMILES string of the molecule is CCCc1ccc(-c2ccc(NS(=O)(=O)c3ccnn3C)cc2)cc1. The van der Waals surface area contributed by atoms with Gasteiger partial charge < -0.3 is 0 Å². The van der Waals surface area contributed by atoms with Crippen molar-refractivity contribution in [2.75, 3.05) is 4.72 Å². The van der Waals surface area contributed by atoms with Gasteiger partial charge in [0, 0.05) is 12.7 Å². The van der Waals surface area contributed by atoms with Gasteiger partial charge in [-0.05, 0) is 41.3 Å². The van der Waals surface area contributed by atoms with Crippen LogP contribution in [0.15, 0.2) is 65.8 Å². The summed E-state index contributed by atoms with van der Waals surface area (Å²) in [7, 11) is -2.04. The molecule has 3 rings (SSSR count). The number of nitrogens with one attached hydrogen (secondary N) is 1. The van der Waals surface area contributed by atoms with E-state index in [2.05, 4.69) is 41.0 Å². The first-order valence-corrected chi connectivity index (χ1v) is 9.68. The van der Waals surface area contributed by atoms with Crippen LogP contribution in [0, 0.1) is 0 Å². The molecular formula is C19H21N3O2S. The first kappa shape index (κ1) is 17.2. The normalized spacial score (nSPS) is 11.4. The van der Waals surface area contributed by atoms with Crippen LogP contribution >= 0.6 is 0 Å². The fraction of sp³-hybridized carbons (Fsp3) is 0.211. The van der Waals surface area contributed by atoms with Gasteiger partial charge in [0.05, 0.1) is 6.20 Å². The van der Waals surface area contributed by atoms with Crippen LogP contribution in [0.5, 0.6) is 0 Å². The molecule has 1 heterocycles. The Hall–Kier alpha value is -2.60. The van der Waals surface area contributed by atoms with Gasteiger partial charge in [-0.3, -0.25) is 9.40 Å². The van der Waals surface area contributed by atoms with Gasteiger partial charge in [0.25, 0.3) is 10.0 Å². The second-order valence-electron chi connectivity index (χ2n) is 5.92. The minimum absolute atomic E-state index is 0.128. The number of benzene rings is 2. The molecule has 1 N–H and O–H groups in total. The van der Waals surface area contributed by atoms with Gasteiger partial charge in [-0.1, -0.05) is 49.7 Å². The molecule has 0 saturated heterocycles. The van der Waals surface area contributed by atoms with Crippen LogP contribution in [0.3, 0.4) is 0 Å². The predicted octanol–water partition coefficient (Wildman–Crippen LogP) is 3.84. The molecule has 25 heavy (non-hydrogen) atoms. The Morgan fingerprint density at radius 1 is 0.960 bits per heavy atom. The number of aromatic nitrogens is 2. The molecule has 0 radical (unpaired) electrons. The molecule has 5 nitrogen and oxygen atoms in total. The molecule has 0 aliphatic carbocycles. The fourth-order valence-electron chi connectivity index (χ4n) is 2.72. The minimum atomic E-state index is -3.64. The van der Waals surface area contributed by atoms with Crippen LogP contribution in [0.2, 0.25) is 0 Å². The van der Waals surface area contributed by atoms with Gasteiger partial charge in [-0.25, -0.2) is 0 Å². The molecule has 2 aromatic carbocycles. The van der Waals surface area contributed by atoms with Crippen molar-refractivity contribution in [1.29, 1.82) is 0 Å². The van der Waals surface area contributed by atoms with E-state index in [1.165, 1.54) is 22.5 Å². The average molecular weight is 355 g/mol. The van der Waals surface area contributed by atoms with Gasteiger partial charge in [0.1, 0.15) is 0 Å². The summed E-state index contributed by atoms with van der Waals surface area (Å²) in [6.45, 7) is 2.17. The largest absolute Gasteiger partial charge is 0.279 e. The number of anilines is 1. The van der Waals surface area contributed by atoms with Crippen LogP contribution < -0.4 is 4.72 Å². The smallest absolute Gasteiger partial charge is 0.278 e. The Morgan fingerprint density at radius 2 is 1.56 bits per heavy atom. The monoisotopic (exact) mass is 355 g/mol. The van der Waals surface area contributed by atoms with Crippen LogP contribution in [-0.2, 0) is 23.5 Å². The zero-order valence-electron chi connectivity index (χ0n) is 14.3. The summed E-state index contributed by atoms with van der Waals surface area (Å²) in [5.41, 5.74) is 4.01. The molecule has 0 amide bonds. The molecule has 6 heteroatoms. The van der Waals surface area contributed by atoms with Crippen molar-refractivity contribution < 1.29 is 8.42 Å². The van der Waals surface area contributed by atoms with E-state index in [-0.39, 0.29) is 5.03 Å². The van der Waals surface area contributed by atoms with Gasteiger partial charge >= 0.3 is 0 Å². The summed E-state index contributed by atoms with van der Waals surface area (Å²) in [4.78, 5) is 0. The number of aryl methyl sites for hydroxylation is 2. The van der Waals surface area contributed by atoms with E-state index < -0.39 is 10.0 Å². The van der Waals surface area contributed by atoms with Crippen molar-refractivity contribution in [3.05, 3.63) is 66.4 Å². The summed E-state index contributed by atoms with van der Waals surface area (Å²) < 4.78 is 28.6. The Labute approximate surface area is 148 Å². The topological polar surface area (TPSA) is 64.0 Å². The van der Waals surface area contributed by atoms with E-state index >= 15 is 0 Å². The van der Waals surface area contributed by atoms with Crippen LogP contribution in [0.25, 0.3) is 11.1 Å². The highest BCUT2D eigenvalue weighted by molar-refractivity contribution is 7.92. The molecule has 1 aromatic heterocycles. The summed E-state index contributed by atoms with van der Waals surface area (Å²) >= 11 is 0.